The van der Waals surface area contributed by atoms with E-state index in [2.05, 4.69) is 50.3 Å². The Balaban J connectivity index is 3.66. The third-order valence-electron chi connectivity index (χ3n) is 13.0. The molecule has 0 bridgehead atoms. The average Bonchev–Trinajstić information content (AvgIpc) is 3.28. The molecule has 0 amide bonds. The molecule has 0 fully saturated rings. The van der Waals surface area contributed by atoms with Gasteiger partial charge in [-0.2, -0.15) is 0 Å². The zero-order chi connectivity index (χ0) is 45.3. The van der Waals surface area contributed by atoms with Crippen LogP contribution in [0.5, 0.6) is 0 Å². The van der Waals surface area contributed by atoms with E-state index in [4.69, 9.17) is 0 Å². The third kappa shape index (κ3) is 41.2. The number of aliphatic hydroxyl groups is 3. The molecule has 0 rings (SSSR count). The minimum Gasteiger partial charge on any atom is -0.394 e. The molecule has 0 aliphatic rings. The highest BCUT2D eigenvalue weighted by molar-refractivity contribution is 5.87. The molecule has 0 saturated carbocycles. The normalized spacial score (nSPS) is 13.6. The molecule has 0 aromatic carbocycles. The Bertz CT molecular complexity index is 1030. The Morgan fingerprint density at radius 3 is 1.08 bits per heavy atom. The van der Waals surface area contributed by atoms with Crippen LogP contribution < -0.4 is 0 Å². The minimum atomic E-state index is -1.83. The fourth-order valence-corrected chi connectivity index (χ4v) is 8.67. The SMILES string of the molecule is CCCCC/C=C\C/C=C\CCCCCCCC(=O)C(O)(CCCCCCCC/C=C\CCCCCCCCC(=O)CCCCCCCCCCCCCCCCC)C(O)CO. The van der Waals surface area contributed by atoms with Crippen LogP contribution in [0.3, 0.4) is 0 Å². The minimum absolute atomic E-state index is 0.218. The lowest BCUT2D eigenvalue weighted by molar-refractivity contribution is -0.156. The highest BCUT2D eigenvalue weighted by atomic mass is 16.4. The fraction of sp³-hybridized carbons (Fsp3) is 0.860. The van der Waals surface area contributed by atoms with Crippen LogP contribution in [0.4, 0.5) is 0 Å². The van der Waals surface area contributed by atoms with Crippen molar-refractivity contribution in [3.63, 3.8) is 0 Å². The molecule has 0 saturated heterocycles. The van der Waals surface area contributed by atoms with E-state index in [0.29, 0.717) is 12.2 Å². The van der Waals surface area contributed by atoms with Gasteiger partial charge in [-0.1, -0.05) is 230 Å². The second-order valence-electron chi connectivity index (χ2n) is 19.1. The number of hydrogen-bond acceptors (Lipinski definition) is 5. The largest absolute Gasteiger partial charge is 0.394 e. The summed E-state index contributed by atoms with van der Waals surface area (Å²) in [6, 6.07) is 0. The van der Waals surface area contributed by atoms with Crippen LogP contribution in [0.15, 0.2) is 36.5 Å². The Labute approximate surface area is 386 Å². The zero-order valence-electron chi connectivity index (χ0n) is 41.5. The van der Waals surface area contributed by atoms with Crippen LogP contribution in [0.25, 0.3) is 0 Å². The standard InChI is InChI=1S/C57H106O5/c1-3-5-7-9-11-13-15-17-21-25-29-33-37-41-45-49-54(59)50-46-42-38-34-30-26-23-19-20-24-28-32-36-40-44-48-52-57(62,56(61)53-58)55(60)51-47-43-39-35-31-27-22-18-16-14-12-10-8-6-4-2/h12,14,18-20,22,56,58,61-62H,3-11,13,15-17,21,23-53H2,1-2H3/b14-12-,20-19-,22-18-. The van der Waals surface area contributed by atoms with Gasteiger partial charge in [0.1, 0.15) is 11.9 Å². The van der Waals surface area contributed by atoms with Gasteiger partial charge in [0.25, 0.3) is 0 Å². The van der Waals surface area contributed by atoms with Crippen molar-refractivity contribution in [2.75, 3.05) is 6.61 Å². The summed E-state index contributed by atoms with van der Waals surface area (Å²) in [5.74, 6) is 0.166. The van der Waals surface area contributed by atoms with E-state index in [-0.39, 0.29) is 18.6 Å². The molecule has 62 heavy (non-hydrogen) atoms. The van der Waals surface area contributed by atoms with Gasteiger partial charge in [0.05, 0.1) is 6.61 Å². The molecule has 0 heterocycles. The summed E-state index contributed by atoms with van der Waals surface area (Å²) in [4.78, 5) is 25.2. The maximum atomic E-state index is 13.0. The van der Waals surface area contributed by atoms with Gasteiger partial charge in [0.2, 0.25) is 0 Å². The van der Waals surface area contributed by atoms with Gasteiger partial charge in [-0.25, -0.2) is 0 Å². The van der Waals surface area contributed by atoms with Gasteiger partial charge in [-0.15, -0.1) is 0 Å². The Kier molecular flexibility index (Phi) is 47.7. The van der Waals surface area contributed by atoms with Crippen molar-refractivity contribution in [1.29, 1.82) is 0 Å². The first-order valence-electron chi connectivity index (χ1n) is 27.4. The number of carbonyl (C=O) groups excluding carboxylic acids is 2. The van der Waals surface area contributed by atoms with Crippen molar-refractivity contribution in [2.24, 2.45) is 0 Å². The van der Waals surface area contributed by atoms with E-state index >= 15 is 0 Å². The van der Waals surface area contributed by atoms with Crippen LogP contribution in [0.1, 0.15) is 296 Å². The molecule has 5 nitrogen and oxygen atoms in total. The number of rotatable bonds is 51. The summed E-state index contributed by atoms with van der Waals surface area (Å²) in [7, 11) is 0. The first kappa shape index (κ1) is 60.4. The van der Waals surface area contributed by atoms with Gasteiger partial charge < -0.3 is 15.3 Å². The first-order chi connectivity index (χ1) is 30.4. The van der Waals surface area contributed by atoms with Crippen molar-refractivity contribution in [3.8, 4) is 0 Å². The van der Waals surface area contributed by atoms with Gasteiger partial charge in [-0.3, -0.25) is 9.59 Å². The Morgan fingerprint density at radius 1 is 0.403 bits per heavy atom. The van der Waals surface area contributed by atoms with Crippen LogP contribution in [-0.4, -0.2) is 45.2 Å². The van der Waals surface area contributed by atoms with E-state index in [0.717, 1.165) is 103 Å². The van der Waals surface area contributed by atoms with Gasteiger partial charge >= 0.3 is 0 Å². The number of aliphatic hydroxyl groups excluding tert-OH is 2. The van der Waals surface area contributed by atoms with Crippen LogP contribution in [0, 0.1) is 0 Å². The second-order valence-corrected chi connectivity index (χ2v) is 19.1. The van der Waals surface area contributed by atoms with E-state index in [9.17, 15) is 24.9 Å². The van der Waals surface area contributed by atoms with E-state index < -0.39 is 18.3 Å². The topological polar surface area (TPSA) is 94.8 Å². The molecule has 3 N–H and O–H groups in total. The second kappa shape index (κ2) is 48.9. The number of ketones is 2. The molecule has 0 aromatic heterocycles. The molecule has 0 radical (unpaired) electrons. The third-order valence-corrected chi connectivity index (χ3v) is 13.0. The van der Waals surface area contributed by atoms with Crippen molar-refractivity contribution in [2.45, 2.75) is 308 Å². The molecule has 364 valence electrons. The van der Waals surface area contributed by atoms with Gasteiger partial charge in [0, 0.05) is 19.3 Å². The lowest BCUT2D eigenvalue weighted by atomic mass is 9.84. The van der Waals surface area contributed by atoms with Gasteiger partial charge in [0.15, 0.2) is 11.4 Å². The molecule has 0 aliphatic heterocycles. The highest BCUT2D eigenvalue weighted by Crippen LogP contribution is 2.25. The maximum absolute atomic E-state index is 13.0. The van der Waals surface area contributed by atoms with Crippen LogP contribution in [-0.2, 0) is 9.59 Å². The summed E-state index contributed by atoms with van der Waals surface area (Å²) in [5, 5.41) is 31.0. The van der Waals surface area contributed by atoms with Crippen molar-refractivity contribution in [3.05, 3.63) is 36.5 Å². The van der Waals surface area contributed by atoms with E-state index in [1.54, 1.807) is 0 Å². The summed E-state index contributed by atoms with van der Waals surface area (Å²) < 4.78 is 0. The monoisotopic (exact) mass is 871 g/mol. The number of Topliss-reactive ketones (excluding diaryl/α,β-unsaturated/α-hetero) is 2. The predicted molar refractivity (Wildman–Crippen MR) is 270 cm³/mol. The molecule has 0 aliphatic carbocycles. The zero-order valence-corrected chi connectivity index (χ0v) is 41.5. The smallest absolute Gasteiger partial charge is 0.167 e. The maximum Gasteiger partial charge on any atom is 0.167 e. The molecule has 2 atom stereocenters. The summed E-state index contributed by atoms with van der Waals surface area (Å²) in [5.41, 5.74) is -1.83. The average molecular weight is 871 g/mol. The van der Waals surface area contributed by atoms with Crippen LogP contribution >= 0.6 is 0 Å². The Hall–Kier alpha value is -1.56. The number of allylic oxidation sites excluding steroid dienone is 6. The lowest BCUT2D eigenvalue weighted by Crippen LogP contribution is -2.51. The van der Waals surface area contributed by atoms with Gasteiger partial charge in [-0.05, 0) is 83.5 Å². The summed E-state index contributed by atoms with van der Waals surface area (Å²) >= 11 is 0. The summed E-state index contributed by atoms with van der Waals surface area (Å²) in [6.07, 6.45) is 62.9. The van der Waals surface area contributed by atoms with Crippen molar-refractivity contribution < 1.29 is 24.9 Å². The van der Waals surface area contributed by atoms with E-state index in [1.165, 1.54) is 161 Å². The number of unbranched alkanes of at least 4 members (excludes halogenated alkanes) is 34. The molecular weight excluding hydrogens is 765 g/mol. The summed E-state index contributed by atoms with van der Waals surface area (Å²) in [6.45, 7) is 3.93. The predicted octanol–water partition coefficient (Wildman–Crippen LogP) is 17.1. The molecule has 0 aromatic rings. The molecular formula is C57H106O5. The lowest BCUT2D eigenvalue weighted by Gasteiger charge is -2.31. The molecule has 5 heteroatoms. The van der Waals surface area contributed by atoms with Crippen LogP contribution in [0.2, 0.25) is 0 Å². The Morgan fingerprint density at radius 2 is 0.694 bits per heavy atom. The highest BCUT2D eigenvalue weighted by Gasteiger charge is 2.41. The molecule has 0 spiro atoms. The number of hydrogen-bond donors (Lipinski definition) is 3. The number of carbonyl (C=O) groups is 2. The fourth-order valence-electron chi connectivity index (χ4n) is 8.67. The quantitative estimate of drug-likeness (QED) is 0.0418. The first-order valence-corrected chi connectivity index (χ1v) is 27.4. The van der Waals surface area contributed by atoms with E-state index in [1.807, 2.05) is 0 Å². The van der Waals surface area contributed by atoms with Crippen molar-refractivity contribution in [1.82, 2.24) is 0 Å². The molecule has 2 unspecified atom stereocenters. The van der Waals surface area contributed by atoms with Crippen molar-refractivity contribution >= 4 is 11.6 Å².